The standard InChI is InChI=1S/C48H61N11O11/c49-19-5-4-9-36(48(69)70)56-46(67)40-10-6-20-59(40)47(68)39(23-29-7-2-1-3-8-29)58-44(65)37(22-31-13-17-34(61)18-14-31)57-45(66)38(24-32-25-51-28-54-32)55-42(63)27-52-41(62)26-53-43(64)35(50)21-30-11-15-33(60)16-12-30/h1-3,7-8,11-18,25,28,35-40,60-61H,4-6,9-10,19-24,26-27,49-50H2,(H,51,54)(H,52,62)(H,53,64)(H,55,63)(H,56,67)(H,57,66)(H,58,65)(H,69,70)/t35-,36-,37-,38-,39-,40-/m0/s1. The summed E-state index contributed by atoms with van der Waals surface area (Å²) < 4.78 is 0. The van der Waals surface area contributed by atoms with E-state index in [1.807, 2.05) is 0 Å². The number of phenols is 2. The summed E-state index contributed by atoms with van der Waals surface area (Å²) in [6, 6.07) is 13.5. The average molecular weight is 968 g/mol. The fourth-order valence-corrected chi connectivity index (χ4v) is 7.78. The molecule has 1 saturated heterocycles. The number of carboxylic acids is 1. The molecular formula is C48H61N11O11. The molecule has 5 rings (SSSR count). The number of nitrogens with two attached hydrogens (primary N) is 2. The monoisotopic (exact) mass is 967 g/mol. The van der Waals surface area contributed by atoms with Gasteiger partial charge in [0.15, 0.2) is 0 Å². The van der Waals surface area contributed by atoms with Crippen molar-refractivity contribution in [3.8, 4) is 11.5 Å². The minimum absolute atomic E-state index is 0.0210. The van der Waals surface area contributed by atoms with Gasteiger partial charge in [-0.05, 0) is 86.0 Å². The van der Waals surface area contributed by atoms with E-state index in [-0.39, 0.29) is 56.6 Å². The van der Waals surface area contributed by atoms with Crippen LogP contribution in [0, 0.1) is 0 Å². The van der Waals surface area contributed by atoms with Crippen LogP contribution in [0.1, 0.15) is 54.5 Å². The van der Waals surface area contributed by atoms with Crippen LogP contribution >= 0.6 is 0 Å². The predicted molar refractivity (Wildman–Crippen MR) is 253 cm³/mol. The van der Waals surface area contributed by atoms with Crippen molar-refractivity contribution in [2.75, 3.05) is 26.2 Å². The summed E-state index contributed by atoms with van der Waals surface area (Å²) >= 11 is 0. The van der Waals surface area contributed by atoms with E-state index in [9.17, 15) is 53.7 Å². The Morgan fingerprint density at radius 1 is 0.671 bits per heavy atom. The Morgan fingerprint density at radius 2 is 1.26 bits per heavy atom. The molecule has 0 unspecified atom stereocenters. The molecule has 1 aromatic heterocycles. The number of aliphatic carboxylic acids is 1. The van der Waals surface area contributed by atoms with Gasteiger partial charge in [0.1, 0.15) is 41.7 Å². The number of carbonyl (C=O) groups excluding carboxylic acids is 7. The van der Waals surface area contributed by atoms with Crippen LogP contribution in [-0.4, -0.2) is 140 Å². The third-order valence-corrected chi connectivity index (χ3v) is 11.5. The van der Waals surface area contributed by atoms with Crippen molar-refractivity contribution in [1.82, 2.24) is 46.8 Å². The van der Waals surface area contributed by atoms with Gasteiger partial charge in [0.25, 0.3) is 0 Å². The zero-order chi connectivity index (χ0) is 50.6. The molecule has 70 heavy (non-hydrogen) atoms. The minimum Gasteiger partial charge on any atom is -0.508 e. The Labute approximate surface area is 403 Å². The maximum atomic E-state index is 14.5. The second-order valence-electron chi connectivity index (χ2n) is 16.9. The van der Waals surface area contributed by atoms with Crippen molar-refractivity contribution >= 4 is 47.3 Å². The van der Waals surface area contributed by atoms with Crippen molar-refractivity contribution < 1.29 is 53.7 Å². The van der Waals surface area contributed by atoms with E-state index in [1.54, 1.807) is 54.6 Å². The zero-order valence-corrected chi connectivity index (χ0v) is 38.5. The maximum Gasteiger partial charge on any atom is 0.326 e. The van der Waals surface area contributed by atoms with E-state index < -0.39 is 96.7 Å². The molecule has 2 heterocycles. The SMILES string of the molecule is NCCCC[C@H](NC(=O)[C@@H]1CCCN1C(=O)[C@H](Cc1ccccc1)NC(=O)[C@H](Cc1ccc(O)cc1)NC(=O)[C@H](Cc1c[nH]cn1)NC(=O)CNC(=O)CNC(=O)[C@@H](N)Cc1ccc(O)cc1)C(=O)O. The number of aromatic hydroxyl groups is 2. The van der Waals surface area contributed by atoms with Gasteiger partial charge >= 0.3 is 5.97 Å². The second kappa shape index (κ2) is 26.6. The third-order valence-electron chi connectivity index (χ3n) is 11.5. The summed E-state index contributed by atoms with van der Waals surface area (Å²) in [7, 11) is 0. The van der Waals surface area contributed by atoms with Crippen molar-refractivity contribution in [3.63, 3.8) is 0 Å². The topological polar surface area (TPSA) is 353 Å². The van der Waals surface area contributed by atoms with E-state index in [0.29, 0.717) is 48.2 Å². The van der Waals surface area contributed by atoms with Crippen LogP contribution in [0.15, 0.2) is 91.4 Å². The Hall–Kier alpha value is -7.85. The van der Waals surface area contributed by atoms with Crippen LogP contribution in [0.25, 0.3) is 0 Å². The van der Waals surface area contributed by atoms with E-state index in [4.69, 9.17) is 11.5 Å². The van der Waals surface area contributed by atoms with E-state index in [0.717, 1.165) is 0 Å². The van der Waals surface area contributed by atoms with E-state index in [2.05, 4.69) is 41.9 Å². The molecule has 0 aliphatic carbocycles. The number of hydrogen-bond donors (Lipinski definition) is 12. The summed E-state index contributed by atoms with van der Waals surface area (Å²) in [6.07, 6.45) is 4.51. The zero-order valence-electron chi connectivity index (χ0n) is 38.5. The van der Waals surface area contributed by atoms with Crippen molar-refractivity contribution in [2.24, 2.45) is 11.5 Å². The van der Waals surface area contributed by atoms with Gasteiger partial charge in [-0.25, -0.2) is 9.78 Å². The number of aromatic nitrogens is 2. The lowest BCUT2D eigenvalue weighted by molar-refractivity contribution is -0.145. The number of unbranched alkanes of at least 4 members (excludes halogenated alkanes) is 1. The molecule has 0 bridgehead atoms. The molecule has 374 valence electrons. The first kappa shape index (κ1) is 53.1. The number of hydrogen-bond acceptors (Lipinski definition) is 13. The van der Waals surface area contributed by atoms with Gasteiger partial charge in [-0.1, -0.05) is 54.6 Å². The summed E-state index contributed by atoms with van der Waals surface area (Å²) in [5, 5.41) is 44.7. The summed E-state index contributed by atoms with van der Waals surface area (Å²) in [5.74, 6) is -6.29. The highest BCUT2D eigenvalue weighted by Crippen LogP contribution is 2.21. The number of imidazole rings is 1. The highest BCUT2D eigenvalue weighted by atomic mass is 16.4. The van der Waals surface area contributed by atoms with Crippen LogP contribution in [-0.2, 0) is 64.0 Å². The van der Waals surface area contributed by atoms with E-state index >= 15 is 0 Å². The van der Waals surface area contributed by atoms with Gasteiger partial charge in [0.2, 0.25) is 41.4 Å². The summed E-state index contributed by atoms with van der Waals surface area (Å²) in [4.78, 5) is 116. The number of amides is 7. The number of carbonyl (C=O) groups is 8. The lowest BCUT2D eigenvalue weighted by Crippen LogP contribution is -2.60. The van der Waals surface area contributed by atoms with Crippen LogP contribution < -0.4 is 43.4 Å². The van der Waals surface area contributed by atoms with Gasteiger partial charge in [-0.3, -0.25) is 33.6 Å². The van der Waals surface area contributed by atoms with Gasteiger partial charge in [0, 0.05) is 32.0 Å². The minimum atomic E-state index is -1.40. The lowest BCUT2D eigenvalue weighted by Gasteiger charge is -2.31. The molecule has 0 spiro atoms. The Bertz CT molecular complexity index is 2390. The number of phenolic OH excluding ortho intramolecular Hbond substituents is 2. The largest absolute Gasteiger partial charge is 0.508 e. The van der Waals surface area contributed by atoms with Crippen molar-refractivity contribution in [2.45, 2.75) is 94.0 Å². The molecule has 6 atom stereocenters. The van der Waals surface area contributed by atoms with Gasteiger partial charge < -0.3 is 68.6 Å². The molecule has 4 aromatic rings. The third kappa shape index (κ3) is 16.7. The number of benzene rings is 3. The molecule has 0 saturated carbocycles. The smallest absolute Gasteiger partial charge is 0.326 e. The molecular weight excluding hydrogens is 907 g/mol. The summed E-state index contributed by atoms with van der Waals surface area (Å²) in [6.45, 7) is -0.618. The molecule has 7 amide bonds. The van der Waals surface area contributed by atoms with Crippen LogP contribution in [0.4, 0.5) is 0 Å². The fourth-order valence-electron chi connectivity index (χ4n) is 7.78. The molecule has 14 N–H and O–H groups in total. The molecule has 3 aromatic carbocycles. The van der Waals surface area contributed by atoms with Crippen LogP contribution in [0.2, 0.25) is 0 Å². The highest BCUT2D eigenvalue weighted by molar-refractivity contribution is 5.97. The van der Waals surface area contributed by atoms with Crippen LogP contribution in [0.3, 0.4) is 0 Å². The van der Waals surface area contributed by atoms with Crippen molar-refractivity contribution in [1.29, 1.82) is 0 Å². The Kier molecular flexibility index (Phi) is 20.2. The van der Waals surface area contributed by atoms with Gasteiger partial charge in [0.05, 0.1) is 31.2 Å². The first-order valence-corrected chi connectivity index (χ1v) is 22.9. The van der Waals surface area contributed by atoms with Gasteiger partial charge in [-0.15, -0.1) is 0 Å². The second-order valence-corrected chi connectivity index (χ2v) is 16.9. The van der Waals surface area contributed by atoms with Crippen molar-refractivity contribution in [3.05, 3.63) is 114 Å². The Morgan fingerprint density at radius 3 is 1.87 bits per heavy atom. The van der Waals surface area contributed by atoms with E-state index in [1.165, 1.54) is 41.7 Å². The maximum absolute atomic E-state index is 14.5. The molecule has 1 aliphatic rings. The molecule has 1 fully saturated rings. The van der Waals surface area contributed by atoms with Crippen LogP contribution in [0.5, 0.6) is 11.5 Å². The Balaban J connectivity index is 1.30. The number of H-pyrrole nitrogens is 1. The molecule has 1 aliphatic heterocycles. The highest BCUT2D eigenvalue weighted by Gasteiger charge is 2.40. The first-order valence-electron chi connectivity index (χ1n) is 22.9. The number of rotatable bonds is 26. The summed E-state index contributed by atoms with van der Waals surface area (Å²) in [5.41, 5.74) is 13.8. The number of carboxylic acid groups (broad SMARTS) is 1. The number of aromatic amines is 1. The van der Waals surface area contributed by atoms with Gasteiger partial charge in [-0.2, -0.15) is 0 Å². The average Bonchev–Trinajstić information content (AvgIpc) is 4.06. The predicted octanol–water partition coefficient (Wildman–Crippen LogP) is -1.20. The molecule has 22 nitrogen and oxygen atoms in total. The number of likely N-dealkylation sites (tertiary alicyclic amines) is 1. The molecule has 22 heteroatoms. The first-order chi connectivity index (χ1) is 33.6. The number of nitrogens with zero attached hydrogens (tertiary/aromatic N) is 2. The fraction of sp³-hybridized carbons (Fsp3) is 0.396. The number of nitrogens with one attached hydrogen (secondary N) is 7. The lowest BCUT2D eigenvalue weighted by atomic mass is 10.0. The quantitative estimate of drug-likeness (QED) is 0.0329. The molecule has 0 radical (unpaired) electrons. The normalized spacial score (nSPS) is 15.3.